The molecule has 1 aromatic heterocycles. The SMILES string of the molecule is COc1cc(/C=C2\SC(=S)N(c3ccc(Cl)cc3Cl)C2=O)cc(Br)c1OCc1ccccn1. The molecule has 1 amide bonds. The smallest absolute Gasteiger partial charge is 0.270 e. The summed E-state index contributed by atoms with van der Waals surface area (Å²) < 4.78 is 12.5. The Bertz CT molecular complexity index is 1270. The molecule has 10 heteroatoms. The monoisotopic (exact) mass is 580 g/mol. The molecule has 1 aliphatic heterocycles. The van der Waals surface area contributed by atoms with Crippen LogP contribution in [0.5, 0.6) is 11.5 Å². The Kier molecular flexibility index (Phi) is 7.61. The first kappa shape index (κ1) is 24.0. The molecule has 5 nitrogen and oxygen atoms in total. The summed E-state index contributed by atoms with van der Waals surface area (Å²) in [5.74, 6) is 0.795. The van der Waals surface area contributed by atoms with Gasteiger partial charge < -0.3 is 9.47 Å². The Morgan fingerprint density at radius 2 is 2.03 bits per heavy atom. The zero-order valence-electron chi connectivity index (χ0n) is 17.1. The second kappa shape index (κ2) is 10.4. The fraction of sp³-hybridized carbons (Fsp3) is 0.0870. The molecule has 0 N–H and O–H groups in total. The minimum atomic E-state index is -0.264. The van der Waals surface area contributed by atoms with Crippen molar-refractivity contribution in [2.75, 3.05) is 12.0 Å². The average Bonchev–Trinajstić information content (AvgIpc) is 3.06. The van der Waals surface area contributed by atoms with Gasteiger partial charge >= 0.3 is 0 Å². The maximum Gasteiger partial charge on any atom is 0.270 e. The number of nitrogens with zero attached hydrogens (tertiary/aromatic N) is 2. The number of benzene rings is 2. The third-order valence-corrected chi connectivity index (χ3v) is 7.01. The molecule has 0 bridgehead atoms. The summed E-state index contributed by atoms with van der Waals surface area (Å²) in [5, 5.41) is 0.825. The Labute approximate surface area is 218 Å². The molecule has 2 heterocycles. The van der Waals surface area contributed by atoms with Crippen molar-refractivity contribution in [3.05, 3.63) is 85.4 Å². The van der Waals surface area contributed by atoms with E-state index in [1.54, 1.807) is 43.6 Å². The lowest BCUT2D eigenvalue weighted by atomic mass is 10.1. The number of rotatable bonds is 6. The summed E-state index contributed by atoms with van der Waals surface area (Å²) in [4.78, 5) is 19.2. The van der Waals surface area contributed by atoms with Gasteiger partial charge in [0, 0.05) is 11.2 Å². The number of hydrogen-bond donors (Lipinski definition) is 0. The Morgan fingerprint density at radius 1 is 1.21 bits per heavy atom. The van der Waals surface area contributed by atoms with Gasteiger partial charge in [0.2, 0.25) is 0 Å². The zero-order chi connectivity index (χ0) is 23.5. The lowest BCUT2D eigenvalue weighted by Crippen LogP contribution is -2.27. The lowest BCUT2D eigenvalue weighted by molar-refractivity contribution is -0.113. The van der Waals surface area contributed by atoms with Crippen LogP contribution in [0.4, 0.5) is 5.69 Å². The number of amides is 1. The molecular formula is C23H15BrCl2N2O3S2. The van der Waals surface area contributed by atoms with Crippen molar-refractivity contribution in [3.63, 3.8) is 0 Å². The van der Waals surface area contributed by atoms with Crippen LogP contribution in [0.15, 0.2) is 64.1 Å². The molecule has 1 saturated heterocycles. The number of halogens is 3. The first-order chi connectivity index (χ1) is 15.9. The fourth-order valence-electron chi connectivity index (χ4n) is 3.08. The van der Waals surface area contributed by atoms with E-state index in [-0.39, 0.29) is 12.5 Å². The predicted molar refractivity (Wildman–Crippen MR) is 141 cm³/mol. The number of methoxy groups -OCH3 is 1. The molecule has 0 aliphatic carbocycles. The van der Waals surface area contributed by atoms with Crippen LogP contribution in [0, 0.1) is 0 Å². The maximum absolute atomic E-state index is 13.1. The molecule has 0 spiro atoms. The van der Waals surface area contributed by atoms with Crippen molar-refractivity contribution in [1.29, 1.82) is 0 Å². The zero-order valence-corrected chi connectivity index (χ0v) is 21.8. The minimum Gasteiger partial charge on any atom is -0.493 e. The number of thioether (sulfide) groups is 1. The normalized spacial score (nSPS) is 14.8. The Hall–Kier alpha value is -2.10. The summed E-state index contributed by atoms with van der Waals surface area (Å²) in [6.07, 6.45) is 3.46. The maximum atomic E-state index is 13.1. The van der Waals surface area contributed by atoms with E-state index in [9.17, 15) is 4.79 Å². The van der Waals surface area contributed by atoms with E-state index < -0.39 is 0 Å². The molecule has 0 unspecified atom stereocenters. The number of carbonyl (C=O) groups is 1. The summed E-state index contributed by atoms with van der Waals surface area (Å²) in [6.45, 7) is 0.287. The summed E-state index contributed by atoms with van der Waals surface area (Å²) in [7, 11) is 1.56. The van der Waals surface area contributed by atoms with Gasteiger partial charge in [-0.15, -0.1) is 0 Å². The van der Waals surface area contributed by atoms with Crippen LogP contribution in [-0.4, -0.2) is 22.3 Å². The van der Waals surface area contributed by atoms with Crippen molar-refractivity contribution in [2.24, 2.45) is 0 Å². The van der Waals surface area contributed by atoms with Crippen molar-refractivity contribution in [2.45, 2.75) is 6.61 Å². The van der Waals surface area contributed by atoms with Crippen LogP contribution >= 0.6 is 63.1 Å². The van der Waals surface area contributed by atoms with E-state index >= 15 is 0 Å². The number of hydrogen-bond acceptors (Lipinski definition) is 6. The standard InChI is InChI=1S/C23H15BrCl2N2O3S2/c1-30-19-9-13(8-16(24)21(19)31-12-15-4-2-3-7-27-15)10-20-22(29)28(23(32)33-20)18-6-5-14(25)11-17(18)26/h2-11H,12H2,1H3/b20-10-. The molecule has 4 rings (SSSR count). The first-order valence-corrected chi connectivity index (χ1v) is 12.3. The third kappa shape index (κ3) is 5.36. The van der Waals surface area contributed by atoms with E-state index in [1.807, 2.05) is 24.3 Å². The topological polar surface area (TPSA) is 51.7 Å². The van der Waals surface area contributed by atoms with Crippen LogP contribution in [-0.2, 0) is 11.4 Å². The highest BCUT2D eigenvalue weighted by Gasteiger charge is 2.34. The van der Waals surface area contributed by atoms with Gasteiger partial charge in [-0.05, 0) is 70.0 Å². The summed E-state index contributed by atoms with van der Waals surface area (Å²) >= 11 is 22.4. The van der Waals surface area contributed by atoms with E-state index in [2.05, 4.69) is 20.9 Å². The number of carbonyl (C=O) groups excluding carboxylic acids is 1. The van der Waals surface area contributed by atoms with Crippen LogP contribution < -0.4 is 14.4 Å². The summed E-state index contributed by atoms with van der Waals surface area (Å²) in [6, 6.07) is 14.2. The molecule has 33 heavy (non-hydrogen) atoms. The highest BCUT2D eigenvalue weighted by molar-refractivity contribution is 9.10. The van der Waals surface area contributed by atoms with Crippen LogP contribution in [0.3, 0.4) is 0 Å². The van der Waals surface area contributed by atoms with Crippen LogP contribution in [0.25, 0.3) is 6.08 Å². The Balaban J connectivity index is 1.60. The molecule has 0 atom stereocenters. The molecular weight excluding hydrogens is 567 g/mol. The van der Waals surface area contributed by atoms with Crippen molar-refractivity contribution >= 4 is 85.1 Å². The van der Waals surface area contributed by atoms with E-state index in [0.29, 0.717) is 40.9 Å². The number of anilines is 1. The molecule has 1 fully saturated rings. The Morgan fingerprint density at radius 3 is 2.73 bits per heavy atom. The van der Waals surface area contributed by atoms with Gasteiger partial charge in [-0.1, -0.05) is 53.2 Å². The summed E-state index contributed by atoms with van der Waals surface area (Å²) in [5.41, 5.74) is 2.02. The second-order valence-corrected chi connectivity index (χ2v) is 10.1. The van der Waals surface area contributed by atoms with Crippen LogP contribution in [0.2, 0.25) is 10.0 Å². The van der Waals surface area contributed by atoms with Crippen molar-refractivity contribution in [3.8, 4) is 11.5 Å². The highest BCUT2D eigenvalue weighted by Crippen LogP contribution is 2.42. The minimum absolute atomic E-state index is 0.264. The highest BCUT2D eigenvalue weighted by atomic mass is 79.9. The van der Waals surface area contributed by atoms with Gasteiger partial charge in [-0.25, -0.2) is 0 Å². The van der Waals surface area contributed by atoms with Gasteiger partial charge in [0.05, 0.1) is 32.9 Å². The van der Waals surface area contributed by atoms with Gasteiger partial charge in [0.1, 0.15) is 6.61 Å². The lowest BCUT2D eigenvalue weighted by Gasteiger charge is -2.16. The first-order valence-electron chi connectivity index (χ1n) is 9.50. The van der Waals surface area contributed by atoms with Crippen molar-refractivity contribution < 1.29 is 14.3 Å². The number of thiocarbonyl (C=S) groups is 1. The quantitative estimate of drug-likeness (QED) is 0.228. The number of aromatic nitrogens is 1. The molecule has 1 aliphatic rings. The molecule has 0 radical (unpaired) electrons. The predicted octanol–water partition coefficient (Wildman–Crippen LogP) is 7.14. The largest absolute Gasteiger partial charge is 0.493 e. The van der Waals surface area contributed by atoms with Gasteiger partial charge in [-0.2, -0.15) is 0 Å². The van der Waals surface area contributed by atoms with E-state index in [4.69, 9.17) is 44.9 Å². The molecule has 168 valence electrons. The van der Waals surface area contributed by atoms with Crippen molar-refractivity contribution in [1.82, 2.24) is 4.98 Å². The van der Waals surface area contributed by atoms with Gasteiger partial charge in [0.25, 0.3) is 5.91 Å². The van der Waals surface area contributed by atoms with Gasteiger partial charge in [-0.3, -0.25) is 14.7 Å². The average molecular weight is 582 g/mol. The molecule has 0 saturated carbocycles. The van der Waals surface area contributed by atoms with Crippen LogP contribution in [0.1, 0.15) is 11.3 Å². The van der Waals surface area contributed by atoms with E-state index in [1.165, 1.54) is 16.7 Å². The second-order valence-electron chi connectivity index (χ2n) is 6.76. The third-order valence-electron chi connectivity index (χ3n) is 4.58. The van der Waals surface area contributed by atoms with E-state index in [0.717, 1.165) is 11.3 Å². The number of ether oxygens (including phenoxy) is 2. The van der Waals surface area contributed by atoms with Gasteiger partial charge in [0.15, 0.2) is 15.8 Å². The number of pyridine rings is 1. The fourth-order valence-corrected chi connectivity index (χ4v) is 5.43. The molecule has 2 aromatic carbocycles. The molecule has 3 aromatic rings.